The summed E-state index contributed by atoms with van der Waals surface area (Å²) >= 11 is 0. The van der Waals surface area contributed by atoms with Crippen molar-refractivity contribution >= 4 is 54.2 Å². The topological polar surface area (TPSA) is 0 Å². The fourth-order valence-electron chi connectivity index (χ4n) is 12.4. The molecule has 61 heavy (non-hydrogen) atoms. The molecule has 0 fully saturated rings. The number of fused-ring (bicyclic) bond motifs is 11. The molecule has 4 aliphatic rings. The van der Waals surface area contributed by atoms with Gasteiger partial charge in [-0.3, -0.25) is 0 Å². The molecule has 13 rings (SSSR count). The van der Waals surface area contributed by atoms with Crippen molar-refractivity contribution in [1.82, 2.24) is 0 Å². The Hall–Kier alpha value is -7.02. The van der Waals surface area contributed by atoms with Gasteiger partial charge in [0, 0.05) is 11.3 Å². The molecule has 0 heteroatoms. The van der Waals surface area contributed by atoms with Crippen LogP contribution >= 0.6 is 0 Å². The van der Waals surface area contributed by atoms with Crippen LogP contribution in [-0.4, -0.2) is 0 Å². The van der Waals surface area contributed by atoms with Crippen LogP contribution in [0.15, 0.2) is 175 Å². The lowest BCUT2D eigenvalue weighted by atomic mass is 9.63. The van der Waals surface area contributed by atoms with Gasteiger partial charge in [0.25, 0.3) is 0 Å². The summed E-state index contributed by atoms with van der Waals surface area (Å²) in [7, 11) is 0. The van der Waals surface area contributed by atoms with E-state index < -0.39 is 0 Å². The molecule has 9 aromatic rings. The van der Waals surface area contributed by atoms with Crippen molar-refractivity contribution in [3.8, 4) is 44.5 Å². The highest BCUT2D eigenvalue weighted by atomic mass is 14.5. The van der Waals surface area contributed by atoms with E-state index >= 15 is 0 Å². The van der Waals surface area contributed by atoms with Gasteiger partial charge in [-0.05, 0) is 172 Å². The van der Waals surface area contributed by atoms with E-state index in [0.29, 0.717) is 0 Å². The minimum Gasteiger partial charge on any atom is -0.0751 e. The summed E-state index contributed by atoms with van der Waals surface area (Å²) < 4.78 is 0. The second-order valence-corrected chi connectivity index (χ2v) is 18.3. The summed E-state index contributed by atoms with van der Waals surface area (Å²) in [6.45, 7) is 11.6. The largest absolute Gasteiger partial charge is 0.0751 e. The molecule has 0 spiro atoms. The van der Waals surface area contributed by atoms with E-state index in [0.717, 1.165) is 0 Å². The maximum atomic E-state index is 2.57. The molecule has 4 aliphatic carbocycles. The number of allylic oxidation sites excluding steroid dienone is 8. The van der Waals surface area contributed by atoms with Crippen LogP contribution in [-0.2, 0) is 0 Å². The third kappa shape index (κ3) is 4.50. The molecule has 0 amide bonds. The average molecular weight is 777 g/mol. The van der Waals surface area contributed by atoms with Gasteiger partial charge in [0.2, 0.25) is 0 Å². The molecule has 0 bridgehead atoms. The van der Waals surface area contributed by atoms with Crippen LogP contribution in [0.2, 0.25) is 0 Å². The maximum absolute atomic E-state index is 2.57. The molecular weight excluding hydrogens is 733 g/mol. The maximum Gasteiger partial charge on any atom is 0.0290 e. The van der Waals surface area contributed by atoms with E-state index in [-0.39, 0.29) is 11.3 Å². The summed E-state index contributed by atoms with van der Waals surface area (Å²) in [6, 6.07) is 53.1. The van der Waals surface area contributed by atoms with Crippen molar-refractivity contribution < 1.29 is 0 Å². The van der Waals surface area contributed by atoms with Crippen LogP contribution in [0, 0.1) is 33.1 Å². The van der Waals surface area contributed by atoms with Gasteiger partial charge in [-0.1, -0.05) is 176 Å². The van der Waals surface area contributed by atoms with E-state index in [9.17, 15) is 0 Å². The Morgan fingerprint density at radius 3 is 1.89 bits per heavy atom. The summed E-state index contributed by atoms with van der Waals surface area (Å²) in [4.78, 5) is 0. The minimum atomic E-state index is -0.285. The Kier molecular flexibility index (Phi) is 7.00. The Balaban J connectivity index is 1.12. The second-order valence-electron chi connectivity index (χ2n) is 18.3. The van der Waals surface area contributed by atoms with Crippen LogP contribution in [0.5, 0.6) is 0 Å². The Morgan fingerprint density at radius 1 is 0.443 bits per heavy atom. The molecule has 0 nitrogen and oxygen atoms in total. The lowest BCUT2D eigenvalue weighted by Gasteiger charge is -2.40. The molecule has 9 aromatic carbocycles. The number of hydrogen-bond donors (Lipinski definition) is 0. The van der Waals surface area contributed by atoms with Gasteiger partial charge in [0.1, 0.15) is 0 Å². The first-order valence-corrected chi connectivity index (χ1v) is 21.9. The predicted molar refractivity (Wildman–Crippen MR) is 261 cm³/mol. The van der Waals surface area contributed by atoms with Gasteiger partial charge < -0.3 is 0 Å². The van der Waals surface area contributed by atoms with Crippen LogP contribution < -0.4 is 0 Å². The quantitative estimate of drug-likeness (QED) is 0.157. The van der Waals surface area contributed by atoms with Crippen molar-refractivity contribution in [3.63, 3.8) is 0 Å². The average Bonchev–Trinajstić information content (AvgIpc) is 3.74. The molecular formula is C61H44. The van der Waals surface area contributed by atoms with Crippen LogP contribution in [0.4, 0.5) is 0 Å². The van der Waals surface area contributed by atoms with Crippen LogP contribution in [0.3, 0.4) is 0 Å². The molecule has 288 valence electrons. The smallest absolute Gasteiger partial charge is 0.0290 e. The molecule has 0 saturated heterocycles. The van der Waals surface area contributed by atoms with E-state index in [1.165, 1.54) is 143 Å². The Labute approximate surface area is 357 Å². The van der Waals surface area contributed by atoms with Gasteiger partial charge in [-0.15, -0.1) is 0 Å². The summed E-state index contributed by atoms with van der Waals surface area (Å²) in [6.07, 6.45) is 12.3. The number of rotatable bonds is 3. The van der Waals surface area contributed by atoms with E-state index in [4.69, 9.17) is 0 Å². The standard InChI is InChI=1S/C61H44/c1-34-23-25-40-45(30-34)47(32-48-44-26-24-36(3)55-54-37(4)29-35(2)31-49(54)50(58(44)55)33-46(40)48)41-27-28-53-60-57(39-17-10-7-11-18-39)43-20-13-12-19-42(43)56(38-15-8-6-9-16-38)59(60)52-22-14-21-51(41)61(52,53)5/h6-33,53H,1-5H3. The first-order chi connectivity index (χ1) is 29.8. The molecule has 0 radical (unpaired) electrons. The minimum absolute atomic E-state index is 0.154. The van der Waals surface area contributed by atoms with Gasteiger partial charge in [-0.2, -0.15) is 0 Å². The molecule has 0 saturated carbocycles. The Bertz CT molecular complexity index is 3610. The second kappa shape index (κ2) is 12.3. The molecule has 0 N–H and O–H groups in total. The number of hydrogen-bond acceptors (Lipinski definition) is 0. The van der Waals surface area contributed by atoms with Crippen molar-refractivity contribution in [2.75, 3.05) is 0 Å². The highest BCUT2D eigenvalue weighted by molar-refractivity contribution is 6.29. The molecule has 0 aromatic heterocycles. The highest BCUT2D eigenvalue weighted by Crippen LogP contribution is 2.68. The van der Waals surface area contributed by atoms with Crippen molar-refractivity contribution in [3.05, 3.63) is 214 Å². The fourth-order valence-corrected chi connectivity index (χ4v) is 12.4. The lowest BCUT2D eigenvalue weighted by Crippen LogP contribution is -2.27. The van der Waals surface area contributed by atoms with Crippen LogP contribution in [0.1, 0.15) is 51.8 Å². The van der Waals surface area contributed by atoms with E-state index in [1.54, 1.807) is 0 Å². The van der Waals surface area contributed by atoms with E-state index in [1.807, 2.05) is 0 Å². The zero-order chi connectivity index (χ0) is 40.9. The normalized spacial score (nSPS) is 18.0. The first-order valence-electron chi connectivity index (χ1n) is 21.9. The van der Waals surface area contributed by atoms with Crippen LogP contribution in [0.25, 0.3) is 98.7 Å². The monoisotopic (exact) mass is 776 g/mol. The zero-order valence-electron chi connectivity index (χ0n) is 35.2. The van der Waals surface area contributed by atoms with Crippen molar-refractivity contribution in [2.45, 2.75) is 40.5 Å². The zero-order valence-corrected chi connectivity index (χ0v) is 35.2. The molecule has 2 unspecified atom stereocenters. The van der Waals surface area contributed by atoms with Crippen molar-refractivity contribution in [2.24, 2.45) is 5.41 Å². The van der Waals surface area contributed by atoms with Gasteiger partial charge >= 0.3 is 0 Å². The fraction of sp³-hybridized carbons (Fsp3) is 0.115. The SMILES string of the molecule is Cc1cc(C)c2c(c1)-c1cc3c4ccc(C)cc4c(C4=C5C=CC=C6c7c(c(-c8ccccc8)c8ccccc8c7-c7ccccc7)C(C=C4)C65C)cc3c3ccc(C)c-2c13. The predicted octanol–water partition coefficient (Wildman–Crippen LogP) is 16.6. The van der Waals surface area contributed by atoms with Crippen molar-refractivity contribution in [1.29, 1.82) is 0 Å². The number of benzene rings is 9. The first kappa shape index (κ1) is 34.8. The summed E-state index contributed by atoms with van der Waals surface area (Å²) in [5.74, 6) is 0.154. The Morgan fingerprint density at radius 2 is 1.11 bits per heavy atom. The summed E-state index contributed by atoms with van der Waals surface area (Å²) in [5.41, 5.74) is 24.1. The molecule has 0 heterocycles. The van der Waals surface area contributed by atoms with Gasteiger partial charge in [0.05, 0.1) is 0 Å². The van der Waals surface area contributed by atoms with Gasteiger partial charge in [-0.25, -0.2) is 0 Å². The van der Waals surface area contributed by atoms with Gasteiger partial charge in [0.15, 0.2) is 0 Å². The number of aryl methyl sites for hydroxylation is 4. The summed E-state index contributed by atoms with van der Waals surface area (Å²) in [5, 5.41) is 10.7. The van der Waals surface area contributed by atoms with E-state index in [2.05, 4.69) is 205 Å². The highest BCUT2D eigenvalue weighted by Gasteiger charge is 2.52. The third-order valence-electron chi connectivity index (χ3n) is 14.9. The molecule has 0 aliphatic heterocycles. The molecule has 2 atom stereocenters. The lowest BCUT2D eigenvalue weighted by molar-refractivity contribution is 0.505. The third-order valence-corrected chi connectivity index (χ3v) is 14.9.